The fourth-order valence-corrected chi connectivity index (χ4v) is 3.01. The molecule has 0 fully saturated rings. The number of rotatable bonds is 2. The zero-order chi connectivity index (χ0) is 15.9. The summed E-state index contributed by atoms with van der Waals surface area (Å²) in [6, 6.07) is 5.71. The summed E-state index contributed by atoms with van der Waals surface area (Å²) in [4.78, 5) is 19.0. The minimum Gasteiger partial charge on any atom is -0.334 e. The van der Waals surface area contributed by atoms with Gasteiger partial charge in [-0.25, -0.2) is 9.37 Å². The van der Waals surface area contributed by atoms with Crippen LogP contribution in [-0.4, -0.2) is 26.9 Å². The van der Waals surface area contributed by atoms with Crippen LogP contribution in [0, 0.1) is 5.82 Å². The van der Waals surface area contributed by atoms with E-state index >= 15 is 0 Å². The van der Waals surface area contributed by atoms with Gasteiger partial charge in [0.2, 0.25) is 0 Å². The number of nitrogens with zero attached hydrogens (tertiary/aromatic N) is 3. The fraction of sp³-hybridized carbons (Fsp3) is 0.412. The molecule has 1 aliphatic rings. The summed E-state index contributed by atoms with van der Waals surface area (Å²) in [6.45, 7) is 5.43. The third-order valence-corrected chi connectivity index (χ3v) is 4.19. The highest BCUT2D eigenvalue weighted by Crippen LogP contribution is 2.24. The molecule has 0 saturated heterocycles. The molecule has 5 heteroatoms. The van der Waals surface area contributed by atoms with Crippen LogP contribution in [0.5, 0.6) is 0 Å². The second kappa shape index (κ2) is 5.55. The molecule has 0 radical (unpaired) electrons. The zero-order valence-corrected chi connectivity index (χ0v) is 13.1. The smallest absolute Gasteiger partial charge is 0.254 e. The van der Waals surface area contributed by atoms with Gasteiger partial charge in [-0.2, -0.15) is 0 Å². The van der Waals surface area contributed by atoms with Crippen molar-refractivity contribution in [3.63, 3.8) is 0 Å². The first kappa shape index (κ1) is 14.8. The molecule has 2 heterocycles. The number of benzene rings is 1. The van der Waals surface area contributed by atoms with Crippen LogP contribution in [0.3, 0.4) is 0 Å². The molecule has 1 amide bonds. The van der Waals surface area contributed by atoms with Crippen molar-refractivity contribution in [1.82, 2.24) is 14.5 Å². The molecule has 3 rings (SSSR count). The maximum Gasteiger partial charge on any atom is 0.254 e. The Hall–Kier alpha value is -2.17. The maximum atomic E-state index is 13.0. The van der Waals surface area contributed by atoms with Gasteiger partial charge in [0.25, 0.3) is 5.91 Å². The van der Waals surface area contributed by atoms with Crippen molar-refractivity contribution in [3.05, 3.63) is 52.9 Å². The van der Waals surface area contributed by atoms with Crippen LogP contribution in [0.25, 0.3) is 0 Å². The largest absolute Gasteiger partial charge is 0.334 e. The number of aromatic nitrogens is 2. The summed E-state index contributed by atoms with van der Waals surface area (Å²) >= 11 is 0. The monoisotopic (exact) mass is 301 g/mol. The highest BCUT2D eigenvalue weighted by molar-refractivity contribution is 5.94. The minimum atomic E-state index is -0.330. The van der Waals surface area contributed by atoms with Gasteiger partial charge in [0.15, 0.2) is 0 Å². The van der Waals surface area contributed by atoms with Gasteiger partial charge in [0.05, 0.1) is 12.2 Å². The molecule has 0 unspecified atom stereocenters. The average molecular weight is 301 g/mol. The first-order valence-corrected chi connectivity index (χ1v) is 7.56. The van der Waals surface area contributed by atoms with Crippen molar-refractivity contribution >= 4 is 5.91 Å². The number of amides is 1. The third kappa shape index (κ3) is 2.51. The number of carbonyl (C=O) groups excluding carboxylic acids is 1. The van der Waals surface area contributed by atoms with Gasteiger partial charge in [0.1, 0.15) is 11.6 Å². The number of carbonyl (C=O) groups is 1. The van der Waals surface area contributed by atoms with Crippen molar-refractivity contribution < 1.29 is 9.18 Å². The van der Waals surface area contributed by atoms with Crippen LogP contribution in [0.2, 0.25) is 0 Å². The lowest BCUT2D eigenvalue weighted by molar-refractivity contribution is 0.0731. The molecule has 1 aliphatic heterocycles. The van der Waals surface area contributed by atoms with E-state index in [1.165, 1.54) is 30.0 Å². The fourth-order valence-electron chi connectivity index (χ4n) is 3.01. The molecule has 0 N–H and O–H groups in total. The Bertz CT molecular complexity index is 703. The van der Waals surface area contributed by atoms with E-state index in [0.29, 0.717) is 24.6 Å². The number of hydrogen-bond donors (Lipinski definition) is 0. The first-order chi connectivity index (χ1) is 10.5. The predicted molar refractivity (Wildman–Crippen MR) is 82.1 cm³/mol. The maximum absolute atomic E-state index is 13.0. The molecule has 4 nitrogen and oxygen atoms in total. The number of halogens is 1. The molecule has 0 saturated carbocycles. The van der Waals surface area contributed by atoms with Gasteiger partial charge in [-0.15, -0.1) is 0 Å². The van der Waals surface area contributed by atoms with E-state index in [2.05, 4.69) is 18.4 Å². The standard InChI is InChI=1S/C17H20FN3O/c1-11(2)16-19-14-10-21(9-8-15(14)20(16)3)17(22)12-4-6-13(18)7-5-12/h4-7,11H,8-10H2,1-3H3. The van der Waals surface area contributed by atoms with Crippen LogP contribution in [-0.2, 0) is 20.0 Å². The van der Waals surface area contributed by atoms with Crippen LogP contribution < -0.4 is 0 Å². The van der Waals surface area contributed by atoms with Gasteiger partial charge in [-0.3, -0.25) is 4.79 Å². The summed E-state index contributed by atoms with van der Waals surface area (Å²) in [5.41, 5.74) is 2.71. The molecule has 0 spiro atoms. The van der Waals surface area contributed by atoms with E-state index < -0.39 is 0 Å². The first-order valence-electron chi connectivity index (χ1n) is 7.56. The van der Waals surface area contributed by atoms with Gasteiger partial charge >= 0.3 is 0 Å². The predicted octanol–water partition coefficient (Wildman–Crippen LogP) is 2.88. The Morgan fingerprint density at radius 1 is 1.27 bits per heavy atom. The zero-order valence-electron chi connectivity index (χ0n) is 13.1. The highest BCUT2D eigenvalue weighted by atomic mass is 19.1. The Morgan fingerprint density at radius 3 is 2.59 bits per heavy atom. The molecule has 116 valence electrons. The van der Waals surface area contributed by atoms with Crippen LogP contribution in [0.15, 0.2) is 24.3 Å². The van der Waals surface area contributed by atoms with E-state index in [1.807, 2.05) is 7.05 Å². The second-order valence-electron chi connectivity index (χ2n) is 6.06. The lowest BCUT2D eigenvalue weighted by atomic mass is 10.1. The molecule has 0 aliphatic carbocycles. The molecular formula is C17H20FN3O. The normalized spacial score (nSPS) is 14.3. The van der Waals surface area contributed by atoms with Crippen molar-refractivity contribution in [3.8, 4) is 0 Å². The minimum absolute atomic E-state index is 0.0672. The van der Waals surface area contributed by atoms with E-state index in [-0.39, 0.29) is 11.7 Å². The third-order valence-electron chi connectivity index (χ3n) is 4.19. The van der Waals surface area contributed by atoms with Gasteiger partial charge in [-0.05, 0) is 24.3 Å². The summed E-state index contributed by atoms with van der Waals surface area (Å²) in [5.74, 6) is 1.02. The van der Waals surface area contributed by atoms with Crippen molar-refractivity contribution in [2.45, 2.75) is 32.7 Å². The van der Waals surface area contributed by atoms with E-state index in [9.17, 15) is 9.18 Å². The Balaban J connectivity index is 1.83. The average Bonchev–Trinajstić information content (AvgIpc) is 2.84. The van der Waals surface area contributed by atoms with Gasteiger partial charge < -0.3 is 9.47 Å². The Kier molecular flexibility index (Phi) is 3.72. The SMILES string of the molecule is CC(C)c1nc2c(n1C)CCN(C(=O)c1ccc(F)cc1)C2. The number of fused-ring (bicyclic) bond motifs is 1. The number of imidazole rings is 1. The highest BCUT2D eigenvalue weighted by Gasteiger charge is 2.26. The Morgan fingerprint density at radius 2 is 1.95 bits per heavy atom. The summed E-state index contributed by atoms with van der Waals surface area (Å²) in [6.07, 6.45) is 0.804. The van der Waals surface area contributed by atoms with Crippen LogP contribution in [0.1, 0.15) is 47.3 Å². The number of hydrogen-bond acceptors (Lipinski definition) is 2. The molecule has 1 aromatic heterocycles. The molecule has 22 heavy (non-hydrogen) atoms. The van der Waals surface area contributed by atoms with Crippen LogP contribution >= 0.6 is 0 Å². The van der Waals surface area contributed by atoms with Gasteiger partial charge in [0, 0.05) is 37.2 Å². The second-order valence-corrected chi connectivity index (χ2v) is 6.06. The molecule has 2 aromatic rings. The summed E-state index contributed by atoms with van der Waals surface area (Å²) in [7, 11) is 2.04. The van der Waals surface area contributed by atoms with E-state index in [1.54, 1.807) is 4.90 Å². The van der Waals surface area contributed by atoms with Crippen LogP contribution in [0.4, 0.5) is 4.39 Å². The molecular weight excluding hydrogens is 281 g/mol. The summed E-state index contributed by atoms with van der Waals surface area (Å²) in [5, 5.41) is 0. The van der Waals surface area contributed by atoms with Crippen molar-refractivity contribution in [2.75, 3.05) is 6.54 Å². The van der Waals surface area contributed by atoms with Crippen molar-refractivity contribution in [2.24, 2.45) is 7.05 Å². The van der Waals surface area contributed by atoms with Gasteiger partial charge in [-0.1, -0.05) is 13.8 Å². The Labute approximate surface area is 129 Å². The van der Waals surface area contributed by atoms with Crippen molar-refractivity contribution in [1.29, 1.82) is 0 Å². The molecule has 0 bridgehead atoms. The van der Waals surface area contributed by atoms with E-state index in [0.717, 1.165) is 17.9 Å². The summed E-state index contributed by atoms with van der Waals surface area (Å²) < 4.78 is 15.1. The molecule has 1 aromatic carbocycles. The van der Waals surface area contributed by atoms with E-state index in [4.69, 9.17) is 4.98 Å². The topological polar surface area (TPSA) is 38.1 Å². The lowest BCUT2D eigenvalue weighted by Gasteiger charge is -2.27. The quantitative estimate of drug-likeness (QED) is 0.855. The molecule has 0 atom stereocenters. The lowest BCUT2D eigenvalue weighted by Crippen LogP contribution is -2.36.